The van der Waals surface area contributed by atoms with Crippen LogP contribution in [0.2, 0.25) is 0 Å². The molecule has 5 nitrogen and oxygen atoms in total. The molecule has 0 aliphatic rings. The molecule has 0 aromatic heterocycles. The number of carboxylic acid groups (broad SMARTS) is 2. The van der Waals surface area contributed by atoms with Crippen LogP contribution in [-0.4, -0.2) is 17.5 Å². The van der Waals surface area contributed by atoms with Gasteiger partial charge in [-0.25, -0.2) is 0 Å². The molecule has 0 aromatic rings. The van der Waals surface area contributed by atoms with Gasteiger partial charge in [-0.2, -0.15) is 0 Å². The van der Waals surface area contributed by atoms with Gasteiger partial charge in [-0.05, 0) is 13.3 Å². The first-order valence-corrected chi connectivity index (χ1v) is 3.13. The smallest absolute Gasteiger partial charge is 0.132 e. The summed E-state index contributed by atoms with van der Waals surface area (Å²) in [4.78, 5) is 20.2. The third kappa shape index (κ3) is 3.57. The van der Waals surface area contributed by atoms with E-state index in [0.717, 1.165) is 0 Å². The van der Waals surface area contributed by atoms with Crippen molar-refractivity contribution in [3.63, 3.8) is 0 Å². The summed E-state index contributed by atoms with van der Waals surface area (Å²) < 4.78 is 0. The highest BCUT2D eigenvalue weighted by molar-refractivity contribution is 5.75. The van der Waals surface area contributed by atoms with E-state index in [9.17, 15) is 19.8 Å². The van der Waals surface area contributed by atoms with Crippen LogP contribution >= 0.6 is 0 Å². The summed E-state index contributed by atoms with van der Waals surface area (Å²) in [6, 6.07) is 0. The van der Waals surface area contributed by atoms with E-state index in [1.165, 1.54) is 6.92 Å². The lowest BCUT2D eigenvalue weighted by Gasteiger charge is -2.21. The average Bonchev–Trinajstić information content (AvgIpc) is 1.84. The van der Waals surface area contributed by atoms with Crippen molar-refractivity contribution in [3.05, 3.63) is 0 Å². The lowest BCUT2D eigenvalue weighted by Crippen LogP contribution is -2.78. The molecular formula is C6H10NO4-. The molecule has 0 spiro atoms. The molecule has 0 bridgehead atoms. The van der Waals surface area contributed by atoms with Crippen LogP contribution in [0.25, 0.3) is 0 Å². The van der Waals surface area contributed by atoms with Crippen molar-refractivity contribution in [1.82, 2.24) is 0 Å². The van der Waals surface area contributed by atoms with Crippen LogP contribution in [0.1, 0.15) is 19.8 Å². The maximum absolute atomic E-state index is 10.2. The highest BCUT2D eigenvalue weighted by Gasteiger charge is 2.23. The molecule has 0 fully saturated rings. The Morgan fingerprint density at radius 3 is 2.18 bits per heavy atom. The van der Waals surface area contributed by atoms with E-state index >= 15 is 0 Å². The monoisotopic (exact) mass is 160 g/mol. The molecule has 0 radical (unpaired) electrons. The highest BCUT2D eigenvalue weighted by atomic mass is 16.4. The third-order valence-electron chi connectivity index (χ3n) is 1.37. The molecule has 0 saturated carbocycles. The first-order valence-electron chi connectivity index (χ1n) is 3.13. The van der Waals surface area contributed by atoms with E-state index in [0.29, 0.717) is 0 Å². The largest absolute Gasteiger partial charge is 0.550 e. The van der Waals surface area contributed by atoms with E-state index < -0.39 is 17.5 Å². The van der Waals surface area contributed by atoms with Crippen molar-refractivity contribution >= 4 is 11.9 Å². The number of aliphatic carboxylic acids is 2. The number of hydrogen-bond acceptors (Lipinski definition) is 4. The van der Waals surface area contributed by atoms with Gasteiger partial charge in [0.1, 0.15) is 11.5 Å². The zero-order valence-electron chi connectivity index (χ0n) is 6.25. The number of carbonyl (C=O) groups excluding carboxylic acids is 2. The fourth-order valence-electron chi connectivity index (χ4n) is 0.480. The molecular weight excluding hydrogens is 150 g/mol. The summed E-state index contributed by atoms with van der Waals surface area (Å²) in [6.45, 7) is 1.31. The second-order valence-corrected chi connectivity index (χ2v) is 2.72. The fourth-order valence-corrected chi connectivity index (χ4v) is 0.480. The summed E-state index contributed by atoms with van der Waals surface area (Å²) in [5.74, 6) is -2.63. The predicted molar refractivity (Wildman–Crippen MR) is 30.5 cm³/mol. The van der Waals surface area contributed by atoms with Crippen LogP contribution in [0, 0.1) is 0 Å². The number of hydrogen-bond donors (Lipinski definition) is 1. The molecule has 0 unspecified atom stereocenters. The first kappa shape index (κ1) is 9.90. The van der Waals surface area contributed by atoms with E-state index in [4.69, 9.17) is 0 Å². The summed E-state index contributed by atoms with van der Waals surface area (Å²) >= 11 is 0. The van der Waals surface area contributed by atoms with Crippen LogP contribution in [0.4, 0.5) is 0 Å². The molecule has 0 aliphatic carbocycles. The maximum atomic E-state index is 10.2. The molecule has 0 heterocycles. The standard InChI is InChI=1S/C6H11NO4/c1-6(7,5(10)11)3-2-4(8)9/h2-3,7H2,1H3,(H,8,9)(H,10,11)/p-1/t6-/m0/s1. The fraction of sp³-hybridized carbons (Fsp3) is 0.667. The van der Waals surface area contributed by atoms with Crippen LogP contribution in [0.3, 0.4) is 0 Å². The molecule has 5 heteroatoms. The van der Waals surface area contributed by atoms with E-state index in [1.54, 1.807) is 0 Å². The van der Waals surface area contributed by atoms with E-state index in [1.807, 2.05) is 0 Å². The van der Waals surface area contributed by atoms with Crippen LogP contribution < -0.4 is 15.9 Å². The topological polar surface area (TPSA) is 108 Å². The van der Waals surface area contributed by atoms with Gasteiger partial charge >= 0.3 is 0 Å². The molecule has 0 aromatic carbocycles. The van der Waals surface area contributed by atoms with Gasteiger partial charge in [0.15, 0.2) is 0 Å². The van der Waals surface area contributed by atoms with Crippen molar-refractivity contribution in [3.8, 4) is 0 Å². The number of rotatable bonds is 4. The molecule has 11 heavy (non-hydrogen) atoms. The van der Waals surface area contributed by atoms with E-state index in [2.05, 4.69) is 5.73 Å². The van der Waals surface area contributed by atoms with E-state index in [-0.39, 0.29) is 12.8 Å². The van der Waals surface area contributed by atoms with Gasteiger partial charge in [0, 0.05) is 12.4 Å². The maximum Gasteiger partial charge on any atom is 0.132 e. The first-order chi connectivity index (χ1) is 4.86. The van der Waals surface area contributed by atoms with Crippen molar-refractivity contribution in [2.24, 2.45) is 0 Å². The average molecular weight is 160 g/mol. The van der Waals surface area contributed by atoms with Crippen molar-refractivity contribution in [2.45, 2.75) is 25.3 Å². The summed E-state index contributed by atoms with van der Waals surface area (Å²) in [5, 5.41) is 20.2. The second-order valence-electron chi connectivity index (χ2n) is 2.72. The Morgan fingerprint density at radius 1 is 1.45 bits per heavy atom. The van der Waals surface area contributed by atoms with Gasteiger partial charge in [-0.1, -0.05) is 0 Å². The Morgan fingerprint density at radius 2 is 1.91 bits per heavy atom. The zero-order valence-corrected chi connectivity index (χ0v) is 6.25. The minimum Gasteiger partial charge on any atom is -0.550 e. The van der Waals surface area contributed by atoms with Crippen molar-refractivity contribution < 1.29 is 25.5 Å². The Balaban J connectivity index is 3.92. The lowest BCUT2D eigenvalue weighted by molar-refractivity contribution is -0.482. The molecule has 1 atom stereocenters. The normalized spacial score (nSPS) is 15.5. The SMILES string of the molecule is C[C@]([NH3+])(CCC(=O)[O-])C(=O)[O-]. The summed E-state index contributed by atoms with van der Waals surface area (Å²) in [7, 11) is 0. The number of quaternary nitrogens is 1. The van der Waals surface area contributed by atoms with Gasteiger partial charge in [0.2, 0.25) is 0 Å². The Hall–Kier alpha value is -1.10. The van der Waals surface area contributed by atoms with Gasteiger partial charge in [0.25, 0.3) is 0 Å². The molecule has 0 saturated heterocycles. The molecule has 64 valence electrons. The molecule has 0 aliphatic heterocycles. The van der Waals surface area contributed by atoms with Crippen LogP contribution in [0.5, 0.6) is 0 Å². The van der Waals surface area contributed by atoms with Crippen LogP contribution in [0.15, 0.2) is 0 Å². The minimum absolute atomic E-state index is 0.0718. The zero-order chi connectivity index (χ0) is 9.07. The second kappa shape index (κ2) is 3.34. The van der Waals surface area contributed by atoms with Gasteiger partial charge in [-0.15, -0.1) is 0 Å². The van der Waals surface area contributed by atoms with Gasteiger partial charge in [0.05, 0.1) is 0 Å². The quantitative estimate of drug-likeness (QED) is 0.456. The Labute approximate surface area is 63.8 Å². The third-order valence-corrected chi connectivity index (χ3v) is 1.37. The molecule has 3 N–H and O–H groups in total. The lowest BCUT2D eigenvalue weighted by atomic mass is 9.98. The predicted octanol–water partition coefficient (Wildman–Crippen LogP) is -3.73. The van der Waals surface area contributed by atoms with Crippen molar-refractivity contribution in [2.75, 3.05) is 0 Å². The minimum atomic E-state index is -1.35. The summed E-state index contributed by atoms with van der Waals surface area (Å²) in [6.07, 6.45) is -0.383. The van der Waals surface area contributed by atoms with Crippen LogP contribution in [-0.2, 0) is 9.59 Å². The van der Waals surface area contributed by atoms with Crippen molar-refractivity contribution in [1.29, 1.82) is 0 Å². The Bertz CT molecular complexity index is 175. The number of carboxylic acids is 2. The molecule has 0 amide bonds. The van der Waals surface area contributed by atoms with Gasteiger partial charge < -0.3 is 25.5 Å². The Kier molecular flexibility index (Phi) is 3.00. The van der Waals surface area contributed by atoms with Gasteiger partial charge in [-0.3, -0.25) is 0 Å². The highest BCUT2D eigenvalue weighted by Crippen LogP contribution is 2.03. The summed E-state index contributed by atoms with van der Waals surface area (Å²) in [5.41, 5.74) is 1.96. The molecule has 0 rings (SSSR count). The number of carbonyl (C=O) groups is 2.